The highest BCUT2D eigenvalue weighted by Crippen LogP contribution is 2.22. The van der Waals surface area contributed by atoms with Crippen LogP contribution in [0.4, 0.5) is 5.69 Å². The van der Waals surface area contributed by atoms with Gasteiger partial charge in [0.05, 0.1) is 13.1 Å². The van der Waals surface area contributed by atoms with E-state index < -0.39 is 0 Å². The van der Waals surface area contributed by atoms with Crippen molar-refractivity contribution in [2.75, 3.05) is 25.0 Å². The fourth-order valence-corrected chi connectivity index (χ4v) is 2.48. The van der Waals surface area contributed by atoms with Gasteiger partial charge in [-0.1, -0.05) is 26.0 Å². The van der Waals surface area contributed by atoms with Gasteiger partial charge in [-0.25, -0.2) is 0 Å². The number of Topliss-reactive ketones (excluding diaryl/α,β-unsaturated/α-hetero) is 1. The number of hydrogen-bond donors (Lipinski definition) is 2. The lowest BCUT2D eigenvalue weighted by Gasteiger charge is -2.15. The van der Waals surface area contributed by atoms with Gasteiger partial charge in [0.15, 0.2) is 5.78 Å². The minimum atomic E-state index is 0.111. The van der Waals surface area contributed by atoms with Crippen LogP contribution >= 0.6 is 0 Å². The van der Waals surface area contributed by atoms with Crippen LogP contribution < -0.4 is 10.6 Å². The van der Waals surface area contributed by atoms with Gasteiger partial charge in [0.25, 0.3) is 0 Å². The number of para-hydroxylation sites is 1. The first-order valence-electron chi connectivity index (χ1n) is 7.40. The number of aliphatic imine (C=N–C) groups is 1. The Labute approximate surface area is 120 Å². The van der Waals surface area contributed by atoms with Gasteiger partial charge >= 0.3 is 0 Å². The summed E-state index contributed by atoms with van der Waals surface area (Å²) in [5.74, 6) is 1.31. The number of nitrogens with one attached hydrogen (secondary N) is 2. The average Bonchev–Trinajstić information content (AvgIpc) is 3.00. The Morgan fingerprint density at radius 2 is 2.10 bits per heavy atom. The van der Waals surface area contributed by atoms with E-state index in [9.17, 15) is 4.79 Å². The van der Waals surface area contributed by atoms with Crippen LogP contribution in [0.1, 0.15) is 37.0 Å². The first kappa shape index (κ1) is 14.6. The van der Waals surface area contributed by atoms with Gasteiger partial charge in [-0.15, -0.1) is 0 Å². The van der Waals surface area contributed by atoms with Crippen LogP contribution in [0.5, 0.6) is 0 Å². The van der Waals surface area contributed by atoms with E-state index in [0.29, 0.717) is 6.54 Å². The maximum atomic E-state index is 12.5. The van der Waals surface area contributed by atoms with Crippen LogP contribution in [0, 0.1) is 5.92 Å². The van der Waals surface area contributed by atoms with E-state index in [1.165, 1.54) is 0 Å². The predicted molar refractivity (Wildman–Crippen MR) is 83.6 cm³/mol. The molecule has 0 radical (unpaired) electrons. The van der Waals surface area contributed by atoms with E-state index in [-0.39, 0.29) is 11.7 Å². The lowest BCUT2D eigenvalue weighted by Crippen LogP contribution is -2.27. The van der Waals surface area contributed by atoms with Crippen molar-refractivity contribution in [3.63, 3.8) is 0 Å². The molecule has 2 N–H and O–H groups in total. The van der Waals surface area contributed by atoms with E-state index in [0.717, 1.165) is 43.0 Å². The summed E-state index contributed by atoms with van der Waals surface area (Å²) in [6.07, 6.45) is 1.77. The zero-order valence-electron chi connectivity index (χ0n) is 12.3. The Balaban J connectivity index is 2.10. The molecule has 20 heavy (non-hydrogen) atoms. The normalized spacial score (nSPS) is 14.1. The quantitative estimate of drug-likeness (QED) is 0.751. The van der Waals surface area contributed by atoms with E-state index in [1.807, 2.05) is 24.3 Å². The summed E-state index contributed by atoms with van der Waals surface area (Å²) >= 11 is 0. The Bertz CT molecular complexity index is 492. The Morgan fingerprint density at radius 3 is 2.75 bits per heavy atom. The first-order valence-corrected chi connectivity index (χ1v) is 7.40. The second-order valence-electron chi connectivity index (χ2n) is 5.03. The zero-order valence-corrected chi connectivity index (χ0v) is 12.3. The number of anilines is 1. The van der Waals surface area contributed by atoms with Crippen molar-refractivity contribution in [3.05, 3.63) is 29.8 Å². The summed E-state index contributed by atoms with van der Waals surface area (Å²) in [6.45, 7) is 6.53. The average molecular weight is 273 g/mol. The first-order chi connectivity index (χ1) is 9.76. The molecular formula is C16H23N3O. The molecular weight excluding hydrogens is 250 g/mol. The molecule has 0 aliphatic carbocycles. The molecule has 108 valence electrons. The van der Waals surface area contributed by atoms with Gasteiger partial charge in [-0.05, 0) is 25.0 Å². The van der Waals surface area contributed by atoms with Crippen molar-refractivity contribution < 1.29 is 4.79 Å². The van der Waals surface area contributed by atoms with Gasteiger partial charge in [-0.2, -0.15) is 0 Å². The second kappa shape index (κ2) is 7.08. The van der Waals surface area contributed by atoms with Crippen molar-refractivity contribution in [1.82, 2.24) is 5.32 Å². The van der Waals surface area contributed by atoms with Crippen molar-refractivity contribution in [3.8, 4) is 0 Å². The maximum Gasteiger partial charge on any atom is 0.167 e. The molecule has 0 fully saturated rings. The molecule has 0 amide bonds. The number of amidine groups is 1. The van der Waals surface area contributed by atoms with E-state index >= 15 is 0 Å². The number of carbonyl (C=O) groups is 1. The number of nitrogens with zero attached hydrogens (tertiary/aromatic N) is 1. The molecule has 0 bridgehead atoms. The molecule has 4 nitrogen and oxygen atoms in total. The fourth-order valence-electron chi connectivity index (χ4n) is 2.48. The van der Waals surface area contributed by atoms with E-state index in [4.69, 9.17) is 0 Å². The van der Waals surface area contributed by atoms with Gasteiger partial charge < -0.3 is 10.6 Å². The molecule has 1 aromatic rings. The highest BCUT2D eigenvalue weighted by Gasteiger charge is 2.19. The number of hydrogen-bond acceptors (Lipinski definition) is 4. The molecule has 0 saturated heterocycles. The van der Waals surface area contributed by atoms with Crippen molar-refractivity contribution in [2.24, 2.45) is 10.9 Å². The largest absolute Gasteiger partial charge is 0.377 e. The lowest BCUT2D eigenvalue weighted by molar-refractivity contribution is 0.0914. The minimum Gasteiger partial charge on any atom is -0.377 e. The van der Waals surface area contributed by atoms with Gasteiger partial charge in [0, 0.05) is 23.7 Å². The van der Waals surface area contributed by atoms with Crippen molar-refractivity contribution in [2.45, 2.75) is 26.7 Å². The molecule has 1 aliphatic heterocycles. The third-order valence-electron chi connectivity index (χ3n) is 3.74. The summed E-state index contributed by atoms with van der Waals surface area (Å²) < 4.78 is 0. The van der Waals surface area contributed by atoms with Crippen molar-refractivity contribution >= 4 is 17.3 Å². The third kappa shape index (κ3) is 3.38. The molecule has 0 saturated carbocycles. The molecule has 4 heteroatoms. The smallest absolute Gasteiger partial charge is 0.167 e. The molecule has 1 aliphatic rings. The van der Waals surface area contributed by atoms with Gasteiger partial charge in [0.2, 0.25) is 0 Å². The zero-order chi connectivity index (χ0) is 14.4. The lowest BCUT2D eigenvalue weighted by atomic mass is 9.92. The van der Waals surface area contributed by atoms with E-state index in [1.54, 1.807) is 0 Å². The van der Waals surface area contributed by atoms with Crippen LogP contribution in [-0.4, -0.2) is 31.3 Å². The summed E-state index contributed by atoms with van der Waals surface area (Å²) in [7, 11) is 0. The van der Waals surface area contributed by atoms with E-state index in [2.05, 4.69) is 29.5 Å². The second-order valence-corrected chi connectivity index (χ2v) is 5.03. The summed E-state index contributed by atoms with van der Waals surface area (Å²) in [5, 5.41) is 6.55. The molecule has 2 rings (SSSR count). The number of ketones is 1. The van der Waals surface area contributed by atoms with Crippen LogP contribution in [0.2, 0.25) is 0 Å². The SMILES string of the molecule is CCC(CC)C(=O)c1ccccc1NCC1=NCCN1. The van der Waals surface area contributed by atoms with Crippen LogP contribution in [0.25, 0.3) is 0 Å². The number of carbonyl (C=O) groups excluding carboxylic acids is 1. The fraction of sp³-hybridized carbons (Fsp3) is 0.500. The predicted octanol–water partition coefficient (Wildman–Crippen LogP) is 2.72. The monoisotopic (exact) mass is 273 g/mol. The summed E-state index contributed by atoms with van der Waals surface area (Å²) in [5.41, 5.74) is 1.69. The third-order valence-corrected chi connectivity index (χ3v) is 3.74. The number of benzene rings is 1. The topological polar surface area (TPSA) is 53.5 Å². The van der Waals surface area contributed by atoms with Gasteiger partial charge in [0.1, 0.15) is 5.84 Å². The van der Waals surface area contributed by atoms with Crippen molar-refractivity contribution in [1.29, 1.82) is 0 Å². The van der Waals surface area contributed by atoms with Gasteiger partial charge in [-0.3, -0.25) is 9.79 Å². The molecule has 0 spiro atoms. The summed E-state index contributed by atoms with van der Waals surface area (Å²) in [4.78, 5) is 16.9. The molecule has 0 unspecified atom stereocenters. The Morgan fingerprint density at radius 1 is 1.35 bits per heavy atom. The minimum absolute atomic E-state index is 0.111. The molecule has 1 heterocycles. The summed E-state index contributed by atoms with van der Waals surface area (Å²) in [6, 6.07) is 7.75. The Kier molecular flexibility index (Phi) is 5.16. The standard InChI is InChI=1S/C16H23N3O/c1-3-12(4-2)16(20)13-7-5-6-8-14(13)19-11-15-17-9-10-18-15/h5-8,12,19H,3-4,9-11H2,1-2H3,(H,17,18). The molecule has 0 atom stereocenters. The highest BCUT2D eigenvalue weighted by molar-refractivity contribution is 6.03. The highest BCUT2D eigenvalue weighted by atomic mass is 16.1. The Hall–Kier alpha value is -1.84. The van der Waals surface area contributed by atoms with Crippen LogP contribution in [0.3, 0.4) is 0 Å². The van der Waals surface area contributed by atoms with Crippen LogP contribution in [0.15, 0.2) is 29.3 Å². The number of rotatable bonds is 7. The molecule has 1 aromatic carbocycles. The molecule has 0 aromatic heterocycles. The maximum absolute atomic E-state index is 12.5. The van der Waals surface area contributed by atoms with Crippen LogP contribution in [-0.2, 0) is 0 Å².